The zero-order chi connectivity index (χ0) is 83.2. The van der Waals surface area contributed by atoms with Crippen LogP contribution in [-0.4, -0.2) is 133 Å². The van der Waals surface area contributed by atoms with Crippen molar-refractivity contribution >= 4 is 45.7 Å². The van der Waals surface area contributed by atoms with Crippen molar-refractivity contribution in [1.82, 2.24) is 34.6 Å². The molecule has 1 saturated carbocycles. The van der Waals surface area contributed by atoms with E-state index in [1.165, 1.54) is 56.4 Å². The molecule has 5 heterocycles. The van der Waals surface area contributed by atoms with E-state index in [1.54, 1.807) is 39.2 Å². The predicted molar refractivity (Wildman–Crippen MR) is 457 cm³/mol. The number of H-pyrrole nitrogens is 1. The van der Waals surface area contributed by atoms with E-state index in [1.807, 2.05) is 37.3 Å². The lowest BCUT2D eigenvalue weighted by molar-refractivity contribution is -0.385. The fraction of sp³-hybridized carbons (Fsp3) is 0.302. The maximum atomic E-state index is 10.7. The predicted octanol–water partition coefficient (Wildman–Crippen LogP) is 11.4. The van der Waals surface area contributed by atoms with Gasteiger partial charge in [0.1, 0.15) is 46.8 Å². The van der Waals surface area contributed by atoms with Crippen LogP contribution in [0.5, 0.6) is 23.0 Å². The Balaban J connectivity index is 0.000000240. The Morgan fingerprint density at radius 1 is 0.491 bits per heavy atom. The second-order valence-corrected chi connectivity index (χ2v) is 25.1. The number of nitrogen functional groups attached to an aromatic ring is 1. The number of nitrogens with zero attached hydrogens (tertiary/aromatic N) is 8. The highest BCUT2D eigenvalue weighted by atomic mass is 16.6. The van der Waals surface area contributed by atoms with Crippen molar-refractivity contribution in [3.8, 4) is 248 Å². The van der Waals surface area contributed by atoms with Gasteiger partial charge in [-0.25, -0.2) is 4.98 Å². The minimum atomic E-state index is -0.477. The number of aryl methyl sites for hydroxylation is 4. The molecule has 2 aromatic heterocycles. The lowest BCUT2D eigenvalue weighted by atomic mass is 9.95. The van der Waals surface area contributed by atoms with Crippen LogP contribution < -0.4 is 30.6 Å². The number of phenols is 1. The molecule has 0 bridgehead atoms. The third-order valence-electron chi connectivity index (χ3n) is 16.9. The Hall–Kier alpha value is -15.7. The molecule has 4 aromatic carbocycles. The number of aromatic hydroxyl groups is 1. The first-order valence-corrected chi connectivity index (χ1v) is 36.9. The molecule has 3 atom stereocenters. The van der Waals surface area contributed by atoms with Gasteiger partial charge in [0.05, 0.1) is 16.2 Å². The number of phenolic OH excluding ortho intramolecular Hbond substituents is 1. The second kappa shape index (κ2) is 52.5. The summed E-state index contributed by atoms with van der Waals surface area (Å²) in [6.45, 7) is 25.2. The molecule has 0 spiro atoms. The quantitative estimate of drug-likeness (QED) is 0.0277. The number of likely N-dealkylation sites (tertiary alicyclic amines) is 3. The number of hydrogen-bond donors (Lipinski definition) is 5. The van der Waals surface area contributed by atoms with Crippen molar-refractivity contribution in [3.63, 3.8) is 0 Å². The zero-order valence-corrected chi connectivity index (χ0v) is 65.9. The molecule has 6 N–H and O–H groups in total. The van der Waals surface area contributed by atoms with Gasteiger partial charge >= 0.3 is 0 Å². The molecule has 20 heteroatoms. The fourth-order valence-electron chi connectivity index (χ4n) is 11.1. The van der Waals surface area contributed by atoms with Gasteiger partial charge in [0.15, 0.2) is 11.5 Å². The first-order chi connectivity index (χ1) is 56.5. The molecular weight excluding hydrogens is 1450 g/mol. The summed E-state index contributed by atoms with van der Waals surface area (Å²) in [7, 11) is 0. The average Bonchev–Trinajstić information content (AvgIpc) is 1.59. The fourth-order valence-corrected chi connectivity index (χ4v) is 11.1. The van der Waals surface area contributed by atoms with Gasteiger partial charge in [-0.1, -0.05) is 46.0 Å². The number of terminal acetylenes is 1. The summed E-state index contributed by atoms with van der Waals surface area (Å²) in [5.74, 6) is 95.9. The zero-order valence-electron chi connectivity index (χ0n) is 65.9. The average molecular weight is 1530 g/mol. The van der Waals surface area contributed by atoms with Crippen LogP contribution in [0.25, 0.3) is 11.2 Å². The number of nitrogens with two attached hydrogens (primary N) is 1. The van der Waals surface area contributed by atoms with Crippen LogP contribution in [0.15, 0.2) is 79.1 Å². The van der Waals surface area contributed by atoms with Crippen molar-refractivity contribution in [3.05, 3.63) is 122 Å². The lowest BCUT2D eigenvalue weighted by Crippen LogP contribution is -2.24. The maximum absolute atomic E-state index is 10.7. The minimum absolute atomic E-state index is 0.0304. The number of likely N-dealkylation sites (N-methyl/N-ethyl adjacent to an activating group) is 3. The summed E-state index contributed by atoms with van der Waals surface area (Å²) in [4.78, 5) is 44.2. The maximum Gasteiger partial charge on any atom is 0.272 e. The molecule has 10 rings (SSSR count). The first kappa shape index (κ1) is 89.2. The highest BCUT2D eigenvalue weighted by Gasteiger charge is 2.26. The molecule has 0 amide bonds. The van der Waals surface area contributed by atoms with Crippen molar-refractivity contribution in [2.45, 2.75) is 131 Å². The van der Waals surface area contributed by atoms with Crippen molar-refractivity contribution in [2.75, 3.05) is 75.3 Å². The Kier molecular flexibility index (Phi) is 40.4. The first-order valence-electron chi connectivity index (χ1n) is 36.9. The molecule has 3 unspecified atom stereocenters. The van der Waals surface area contributed by atoms with E-state index in [0.29, 0.717) is 34.9 Å². The van der Waals surface area contributed by atoms with Gasteiger partial charge < -0.3 is 40.7 Å². The molecule has 116 heavy (non-hydrogen) atoms. The lowest BCUT2D eigenvalue weighted by Gasteiger charge is -2.23. The van der Waals surface area contributed by atoms with Gasteiger partial charge in [0.2, 0.25) is 5.95 Å². The van der Waals surface area contributed by atoms with Gasteiger partial charge in [-0.3, -0.25) is 34.9 Å². The summed E-state index contributed by atoms with van der Waals surface area (Å²) in [6.07, 6.45) is 16.9. The minimum Gasteiger partial charge on any atom is -0.508 e. The molecule has 3 aliphatic heterocycles. The highest BCUT2D eigenvalue weighted by Crippen LogP contribution is 2.31. The Bertz CT molecular complexity index is 5850. The van der Waals surface area contributed by atoms with E-state index < -0.39 is 4.92 Å². The Morgan fingerprint density at radius 3 is 1.22 bits per heavy atom. The van der Waals surface area contributed by atoms with Crippen LogP contribution >= 0.6 is 0 Å². The number of aromatic amines is 1. The number of fused-ring (bicyclic) bond motifs is 1. The van der Waals surface area contributed by atoms with E-state index in [9.17, 15) is 20.2 Å². The smallest absolute Gasteiger partial charge is 0.272 e. The molecule has 574 valence electrons. The highest BCUT2D eigenvalue weighted by molar-refractivity contribution is 5.84. The van der Waals surface area contributed by atoms with Gasteiger partial charge in [-0.2, -0.15) is 9.97 Å². The normalized spacial score (nSPS) is 13.8. The molecule has 4 aliphatic rings. The van der Waals surface area contributed by atoms with E-state index >= 15 is 0 Å². The number of imidazole rings is 1. The standard InChI is InChI=1S/C39H4.C24H33N7O.C13H18N2O3.C13H20N2O.C7H7NO3/c1-3-5-7-9-11-13-15-17-19-21-23-25-27-29-31-33-35-37-39-38-36-34-32-30-28-26-24-22-20-18-16-14-12-10-8-6-4-2;1-3-31-12-11-19(14-31)32-18-9-10-20(16(2)13-18)28-24-29-22-21(25-15-26-22)23(30-24)27-17-7-5-4-6-8-17;1-3-14-7-6-12(9-14)18-11-4-5-13(15(16)17)10(2)8-11;1-3-15-7-6-12(9-15)16-11-4-5-13(14)10(2)8-11;1-5-4-6(9)2-3-7(5)8(10)11/h1H,2H3;9-10,13,15,17,19H,3-8,11-12,14H2,1-2H3,(H3,25,26,27,28,29,30);4-5,8,12H,3,6-7,9H2,1-2H3;4-5,8,12H,3,6-7,9,14H2,1-2H3;2-4,9H,1H3. The number of ether oxygens (including phenoxy) is 3. The molecule has 20 nitrogen and oxygen atoms in total. The van der Waals surface area contributed by atoms with E-state index in [0.717, 1.165) is 129 Å². The molecule has 0 radical (unpaired) electrons. The molecular formula is C96H82N12O8. The van der Waals surface area contributed by atoms with Crippen LogP contribution in [0, 0.1) is 273 Å². The van der Waals surface area contributed by atoms with Gasteiger partial charge in [-0.15, -0.1) is 6.42 Å². The van der Waals surface area contributed by atoms with Crippen molar-refractivity contribution < 1.29 is 29.2 Å². The number of aromatic nitrogens is 4. The Labute approximate surface area is 682 Å². The van der Waals surface area contributed by atoms with E-state index in [2.05, 4.69) is 293 Å². The number of nitro groups is 2. The van der Waals surface area contributed by atoms with Gasteiger partial charge in [0, 0.05) is 198 Å². The summed E-state index contributed by atoms with van der Waals surface area (Å²) < 4.78 is 18.0. The summed E-state index contributed by atoms with van der Waals surface area (Å²) >= 11 is 0. The van der Waals surface area contributed by atoms with Crippen LogP contribution in [0.1, 0.15) is 101 Å². The number of rotatable bonds is 15. The molecule has 3 saturated heterocycles. The third-order valence-corrected chi connectivity index (χ3v) is 16.9. The summed E-state index contributed by atoms with van der Waals surface area (Å²) in [6, 6.07) is 21.4. The second-order valence-electron chi connectivity index (χ2n) is 25.1. The number of benzene rings is 4. The number of nitrogens with one attached hydrogen (secondary N) is 3. The largest absolute Gasteiger partial charge is 0.508 e. The monoisotopic (exact) mass is 1530 g/mol. The molecule has 4 fully saturated rings. The van der Waals surface area contributed by atoms with Gasteiger partial charge in [0.25, 0.3) is 11.4 Å². The SMILES string of the molecule is C#CC#CC#CC#CC#CC#CC#CC#CC#CC#CC#CC#CC#CC#CC#CC#CC#CC#CC#CC.CCN1CCC(Oc2ccc(N)c(C)c2)C1.CCN1CCC(Oc2ccc(Nc3nc(NC4CCCCC4)c4[nH]cnc4n3)c(C)c2)C1.CCN1CCC(Oc2ccc([N+](=O)[O-])c(C)c2)C1.Cc1cc(O)ccc1[N+](=O)[O-]. The number of anilines is 4. The van der Waals surface area contributed by atoms with E-state index in [-0.39, 0.29) is 34.3 Å². The van der Waals surface area contributed by atoms with Crippen molar-refractivity contribution in [2.24, 2.45) is 0 Å². The van der Waals surface area contributed by atoms with Crippen LogP contribution in [0.4, 0.5) is 34.5 Å². The summed E-state index contributed by atoms with van der Waals surface area (Å²) in [5, 5.41) is 36.9. The summed E-state index contributed by atoms with van der Waals surface area (Å²) in [5.41, 5.74) is 12.6. The van der Waals surface area contributed by atoms with Gasteiger partial charge in [-0.05, 0) is 253 Å². The molecule has 1 aliphatic carbocycles. The topological polar surface area (TPSA) is 248 Å². The van der Waals surface area contributed by atoms with Crippen LogP contribution in [0.2, 0.25) is 0 Å². The third kappa shape index (κ3) is 34.9. The van der Waals surface area contributed by atoms with Crippen LogP contribution in [-0.2, 0) is 0 Å². The van der Waals surface area contributed by atoms with Crippen LogP contribution in [0.3, 0.4) is 0 Å². The van der Waals surface area contributed by atoms with Crippen molar-refractivity contribution in [1.29, 1.82) is 0 Å². The molecule has 6 aromatic rings. The number of hydrogen-bond acceptors (Lipinski definition) is 17. The Morgan fingerprint density at radius 2 is 0.862 bits per heavy atom. The number of nitro benzene ring substituents is 2. The van der Waals surface area contributed by atoms with E-state index in [4.69, 9.17) is 36.5 Å².